The molecule has 0 saturated carbocycles. The third-order valence-electron chi connectivity index (χ3n) is 2.74. The van der Waals surface area contributed by atoms with E-state index in [1.54, 1.807) is 19.2 Å². The molecular formula is C12H15ClFN5. The van der Waals surface area contributed by atoms with Crippen molar-refractivity contribution in [2.45, 2.75) is 19.4 Å². The number of nitrogens with one attached hydrogen (secondary N) is 1. The lowest BCUT2D eigenvalue weighted by Gasteiger charge is -2.18. The Labute approximate surface area is 115 Å². The third-order valence-corrected chi connectivity index (χ3v) is 3.06. The van der Waals surface area contributed by atoms with Gasteiger partial charge >= 0.3 is 0 Å². The maximum Gasteiger partial charge on any atom is 0.176 e. The van der Waals surface area contributed by atoms with Crippen LogP contribution in [0.1, 0.15) is 24.4 Å². The SMILES string of the molecule is CCNC(Cc1nnn(C)n1)c1c(F)cccc1Cl. The smallest absolute Gasteiger partial charge is 0.176 e. The van der Waals surface area contributed by atoms with E-state index in [9.17, 15) is 4.39 Å². The summed E-state index contributed by atoms with van der Waals surface area (Å²) in [6.07, 6.45) is 0.433. The predicted molar refractivity (Wildman–Crippen MR) is 70.3 cm³/mol. The van der Waals surface area contributed by atoms with Gasteiger partial charge in [-0.05, 0) is 23.9 Å². The summed E-state index contributed by atoms with van der Waals surface area (Å²) in [6.45, 7) is 2.64. The second-order valence-electron chi connectivity index (χ2n) is 4.14. The molecule has 5 nitrogen and oxygen atoms in total. The first-order valence-corrected chi connectivity index (χ1v) is 6.39. The van der Waals surface area contributed by atoms with Crippen molar-refractivity contribution in [1.82, 2.24) is 25.5 Å². The molecule has 0 aliphatic heterocycles. The molecule has 0 bridgehead atoms. The fraction of sp³-hybridized carbons (Fsp3) is 0.417. The van der Waals surface area contributed by atoms with Gasteiger partial charge in [-0.3, -0.25) is 0 Å². The third kappa shape index (κ3) is 3.27. The van der Waals surface area contributed by atoms with E-state index in [-0.39, 0.29) is 11.9 Å². The summed E-state index contributed by atoms with van der Waals surface area (Å²) >= 11 is 6.09. The normalized spacial score (nSPS) is 12.6. The molecule has 2 aromatic rings. The van der Waals surface area contributed by atoms with Crippen molar-refractivity contribution < 1.29 is 4.39 Å². The maximum absolute atomic E-state index is 13.9. The zero-order valence-corrected chi connectivity index (χ0v) is 11.5. The van der Waals surface area contributed by atoms with Gasteiger partial charge in [0.15, 0.2) is 5.82 Å². The highest BCUT2D eigenvalue weighted by atomic mass is 35.5. The second-order valence-corrected chi connectivity index (χ2v) is 4.55. The number of benzene rings is 1. The molecule has 0 radical (unpaired) electrons. The number of aromatic nitrogens is 4. The molecule has 1 heterocycles. The van der Waals surface area contributed by atoms with E-state index in [1.165, 1.54) is 10.9 Å². The molecule has 0 saturated heterocycles. The van der Waals surface area contributed by atoms with Crippen LogP contribution in [0.15, 0.2) is 18.2 Å². The standard InChI is InChI=1S/C12H15ClFN5/c1-3-15-10(7-11-16-18-19(2)17-11)12-8(13)5-4-6-9(12)14/h4-6,10,15H,3,7H2,1-2H3. The Kier molecular flexibility index (Phi) is 4.44. The lowest BCUT2D eigenvalue weighted by atomic mass is 10.0. The van der Waals surface area contributed by atoms with Crippen LogP contribution in [0.3, 0.4) is 0 Å². The average Bonchev–Trinajstić information content (AvgIpc) is 2.75. The first kappa shape index (κ1) is 13.9. The van der Waals surface area contributed by atoms with Gasteiger partial charge in [0, 0.05) is 23.0 Å². The number of halogens is 2. The average molecular weight is 284 g/mol. The van der Waals surface area contributed by atoms with E-state index in [0.29, 0.717) is 29.4 Å². The number of tetrazole rings is 1. The van der Waals surface area contributed by atoms with Crippen molar-refractivity contribution in [1.29, 1.82) is 0 Å². The Morgan fingerprint density at radius 1 is 1.47 bits per heavy atom. The van der Waals surface area contributed by atoms with Gasteiger partial charge in [-0.1, -0.05) is 24.6 Å². The number of rotatable bonds is 5. The van der Waals surface area contributed by atoms with Gasteiger partial charge in [-0.25, -0.2) is 4.39 Å². The van der Waals surface area contributed by atoms with Gasteiger partial charge in [-0.15, -0.1) is 10.2 Å². The molecule has 0 aliphatic carbocycles. The number of nitrogens with zero attached hydrogens (tertiary/aromatic N) is 4. The molecule has 1 aromatic carbocycles. The van der Waals surface area contributed by atoms with Gasteiger partial charge in [0.2, 0.25) is 0 Å². The molecule has 0 fully saturated rings. The van der Waals surface area contributed by atoms with Crippen molar-refractivity contribution >= 4 is 11.6 Å². The monoisotopic (exact) mass is 283 g/mol. The minimum Gasteiger partial charge on any atom is -0.310 e. The van der Waals surface area contributed by atoms with E-state index in [2.05, 4.69) is 20.7 Å². The molecule has 1 N–H and O–H groups in total. The fourth-order valence-corrected chi connectivity index (χ4v) is 2.25. The molecule has 1 atom stereocenters. The summed E-state index contributed by atoms with van der Waals surface area (Å²) in [4.78, 5) is 1.38. The Balaban J connectivity index is 2.29. The van der Waals surface area contributed by atoms with Crippen LogP contribution in [0.25, 0.3) is 0 Å². The van der Waals surface area contributed by atoms with Gasteiger partial charge in [0.05, 0.1) is 7.05 Å². The van der Waals surface area contributed by atoms with Crippen molar-refractivity contribution in [3.05, 3.63) is 40.4 Å². The van der Waals surface area contributed by atoms with Crippen molar-refractivity contribution in [2.24, 2.45) is 7.05 Å². The summed E-state index contributed by atoms with van der Waals surface area (Å²) in [5.41, 5.74) is 0.443. The van der Waals surface area contributed by atoms with Gasteiger partial charge in [-0.2, -0.15) is 4.80 Å². The molecule has 0 spiro atoms. The minimum atomic E-state index is -0.331. The highest BCUT2D eigenvalue weighted by molar-refractivity contribution is 6.31. The molecule has 0 amide bonds. The maximum atomic E-state index is 13.9. The number of hydrogen-bond donors (Lipinski definition) is 1. The van der Waals surface area contributed by atoms with Crippen LogP contribution in [-0.2, 0) is 13.5 Å². The largest absolute Gasteiger partial charge is 0.310 e. The Bertz CT molecular complexity index is 537. The first-order valence-electron chi connectivity index (χ1n) is 6.02. The van der Waals surface area contributed by atoms with E-state index in [4.69, 9.17) is 11.6 Å². The molecular weight excluding hydrogens is 269 g/mol. The molecule has 19 heavy (non-hydrogen) atoms. The number of hydrogen-bond acceptors (Lipinski definition) is 4. The van der Waals surface area contributed by atoms with E-state index < -0.39 is 0 Å². The molecule has 102 valence electrons. The highest BCUT2D eigenvalue weighted by Gasteiger charge is 2.20. The van der Waals surface area contributed by atoms with Crippen LogP contribution in [0.5, 0.6) is 0 Å². The van der Waals surface area contributed by atoms with Crippen molar-refractivity contribution in [3.63, 3.8) is 0 Å². The quantitative estimate of drug-likeness (QED) is 0.910. The minimum absolute atomic E-state index is 0.275. The summed E-state index contributed by atoms with van der Waals surface area (Å²) < 4.78 is 13.9. The van der Waals surface area contributed by atoms with E-state index in [1.807, 2.05) is 6.92 Å². The van der Waals surface area contributed by atoms with Gasteiger partial charge in [0.25, 0.3) is 0 Å². The zero-order chi connectivity index (χ0) is 13.8. The molecule has 1 unspecified atom stereocenters. The van der Waals surface area contributed by atoms with Gasteiger partial charge in [0.1, 0.15) is 5.82 Å². The Morgan fingerprint density at radius 2 is 2.26 bits per heavy atom. The van der Waals surface area contributed by atoms with E-state index >= 15 is 0 Å². The Hall–Kier alpha value is -1.53. The van der Waals surface area contributed by atoms with Crippen molar-refractivity contribution in [2.75, 3.05) is 6.54 Å². The lowest BCUT2D eigenvalue weighted by Crippen LogP contribution is -2.24. The van der Waals surface area contributed by atoms with Crippen LogP contribution in [0.4, 0.5) is 4.39 Å². The highest BCUT2D eigenvalue weighted by Crippen LogP contribution is 2.27. The molecule has 0 aliphatic rings. The summed E-state index contributed by atoms with van der Waals surface area (Å²) in [5.74, 6) is 0.218. The summed E-state index contributed by atoms with van der Waals surface area (Å²) in [7, 11) is 1.69. The van der Waals surface area contributed by atoms with Gasteiger partial charge < -0.3 is 5.32 Å². The lowest BCUT2D eigenvalue weighted by molar-refractivity contribution is 0.500. The number of likely N-dealkylation sites (N-methyl/N-ethyl adjacent to an activating group) is 1. The van der Waals surface area contributed by atoms with Crippen LogP contribution in [0.2, 0.25) is 5.02 Å². The fourth-order valence-electron chi connectivity index (χ4n) is 1.95. The topological polar surface area (TPSA) is 55.6 Å². The zero-order valence-electron chi connectivity index (χ0n) is 10.8. The summed E-state index contributed by atoms with van der Waals surface area (Å²) in [6, 6.07) is 4.39. The van der Waals surface area contributed by atoms with E-state index in [0.717, 1.165) is 0 Å². The van der Waals surface area contributed by atoms with Crippen molar-refractivity contribution in [3.8, 4) is 0 Å². The molecule has 1 aromatic heterocycles. The number of aryl methyl sites for hydroxylation is 1. The first-order chi connectivity index (χ1) is 9.11. The van der Waals surface area contributed by atoms with Crippen LogP contribution in [0, 0.1) is 5.82 Å². The van der Waals surface area contributed by atoms with Crippen LogP contribution < -0.4 is 5.32 Å². The van der Waals surface area contributed by atoms with Crippen LogP contribution >= 0.6 is 11.6 Å². The van der Waals surface area contributed by atoms with Crippen LogP contribution in [-0.4, -0.2) is 26.8 Å². The second kappa shape index (κ2) is 6.08. The Morgan fingerprint density at radius 3 is 2.84 bits per heavy atom. The predicted octanol–water partition coefficient (Wildman–Crippen LogP) is 1.90. The summed E-state index contributed by atoms with van der Waals surface area (Å²) in [5, 5.41) is 15.4. The molecule has 2 rings (SSSR count). The molecule has 7 heteroatoms.